The Hall–Kier alpha value is -2.66. The Morgan fingerprint density at radius 3 is 2.36 bits per heavy atom. The Labute approximate surface area is 131 Å². The smallest absolute Gasteiger partial charge is 0.365 e. The van der Waals surface area contributed by atoms with Crippen molar-refractivity contribution in [2.24, 2.45) is 0 Å². The van der Waals surface area contributed by atoms with Crippen molar-refractivity contribution < 1.29 is 14.6 Å². The summed E-state index contributed by atoms with van der Waals surface area (Å²) in [5, 5.41) is 9.36. The zero-order chi connectivity index (χ0) is 15.4. The molecule has 0 atom stereocenters. The summed E-state index contributed by atoms with van der Waals surface area (Å²) in [5.74, 6) is -1.04. The molecule has 0 radical (unpaired) electrons. The largest absolute Gasteiger partial charge is 0.478 e. The molecule has 3 aromatic rings. The monoisotopic (exact) mass is 311 g/mol. The third-order valence-electron chi connectivity index (χ3n) is 3.11. The second kappa shape index (κ2) is 6.41. The minimum atomic E-state index is -1.04. The highest BCUT2D eigenvalue weighted by Gasteiger charge is 2.09. The molecule has 0 aliphatic rings. The second-order valence-electron chi connectivity index (χ2n) is 4.64. The summed E-state index contributed by atoms with van der Waals surface area (Å²) in [6.07, 6.45) is 1.44. The molecule has 0 unspecified atom stereocenters. The van der Waals surface area contributed by atoms with Gasteiger partial charge in [-0.1, -0.05) is 65.9 Å². The van der Waals surface area contributed by atoms with E-state index < -0.39 is 5.97 Å². The van der Waals surface area contributed by atoms with Crippen molar-refractivity contribution in [1.82, 2.24) is 4.98 Å². The van der Waals surface area contributed by atoms with Crippen LogP contribution in [0.2, 0.25) is 0 Å². The van der Waals surface area contributed by atoms with Crippen molar-refractivity contribution in [3.8, 4) is 16.2 Å². The first kappa shape index (κ1) is 14.3. The van der Waals surface area contributed by atoms with Crippen LogP contribution in [-0.4, -0.2) is 16.1 Å². The van der Waals surface area contributed by atoms with Gasteiger partial charge in [0.2, 0.25) is 5.01 Å². The van der Waals surface area contributed by atoms with Gasteiger partial charge in [0.15, 0.2) is 5.06 Å². The molecule has 5 heteroatoms. The lowest BCUT2D eigenvalue weighted by Crippen LogP contribution is -1.93. The maximum atomic E-state index is 10.8. The fraction of sp³-hybridized carbons (Fsp3) is 0.0588. The molecule has 3 rings (SSSR count). The van der Waals surface area contributed by atoms with E-state index in [0.717, 1.165) is 22.5 Å². The number of hydrogen-bond acceptors (Lipinski definition) is 4. The van der Waals surface area contributed by atoms with Gasteiger partial charge in [0.25, 0.3) is 0 Å². The molecule has 22 heavy (non-hydrogen) atoms. The third kappa shape index (κ3) is 3.32. The van der Waals surface area contributed by atoms with Crippen molar-refractivity contribution in [3.05, 3.63) is 71.4 Å². The van der Waals surface area contributed by atoms with Crippen LogP contribution < -0.4 is 4.74 Å². The van der Waals surface area contributed by atoms with Gasteiger partial charge in [0.05, 0.1) is 6.20 Å². The van der Waals surface area contributed by atoms with Crippen LogP contribution in [0.15, 0.2) is 60.8 Å². The topological polar surface area (TPSA) is 59.4 Å². The molecule has 0 aliphatic heterocycles. The van der Waals surface area contributed by atoms with Crippen LogP contribution in [0, 0.1) is 0 Å². The Kier molecular flexibility index (Phi) is 4.16. The predicted octanol–water partition coefficient (Wildman–Crippen LogP) is 4.09. The van der Waals surface area contributed by atoms with Gasteiger partial charge in [-0.05, 0) is 16.7 Å². The number of carboxylic acids is 1. The van der Waals surface area contributed by atoms with Crippen LogP contribution in [-0.2, 0) is 6.61 Å². The molecule has 0 aliphatic carbocycles. The van der Waals surface area contributed by atoms with E-state index in [4.69, 9.17) is 9.84 Å². The molecule has 1 heterocycles. The number of nitrogens with zero attached hydrogens (tertiary/aromatic N) is 1. The molecule has 1 aromatic heterocycles. The predicted molar refractivity (Wildman–Crippen MR) is 85.3 cm³/mol. The van der Waals surface area contributed by atoms with E-state index in [2.05, 4.69) is 17.1 Å². The number of aromatic nitrogens is 1. The molecular formula is C17H13NO3S. The quantitative estimate of drug-likeness (QED) is 0.771. The van der Waals surface area contributed by atoms with E-state index >= 15 is 0 Å². The van der Waals surface area contributed by atoms with Crippen LogP contribution in [0.4, 0.5) is 0 Å². The van der Waals surface area contributed by atoms with Crippen LogP contribution in [0.1, 0.15) is 15.4 Å². The minimum absolute atomic E-state index is 0.0365. The average Bonchev–Trinajstić information content (AvgIpc) is 3.04. The summed E-state index contributed by atoms with van der Waals surface area (Å²) in [5.41, 5.74) is 3.34. The molecule has 0 fully saturated rings. The van der Waals surface area contributed by atoms with Crippen LogP contribution in [0.3, 0.4) is 0 Å². The van der Waals surface area contributed by atoms with Gasteiger partial charge in [-0.3, -0.25) is 0 Å². The van der Waals surface area contributed by atoms with Crippen molar-refractivity contribution in [1.29, 1.82) is 0 Å². The molecule has 0 bridgehead atoms. The second-order valence-corrected chi connectivity index (χ2v) is 5.63. The number of rotatable bonds is 5. The summed E-state index contributed by atoms with van der Waals surface area (Å²) < 4.78 is 5.56. The van der Waals surface area contributed by atoms with E-state index in [-0.39, 0.29) is 5.01 Å². The van der Waals surface area contributed by atoms with Crippen LogP contribution in [0.5, 0.6) is 5.06 Å². The Morgan fingerprint density at radius 2 is 1.73 bits per heavy atom. The molecule has 0 spiro atoms. The number of carboxylic acid groups (broad SMARTS) is 1. The minimum Gasteiger partial charge on any atom is -0.478 e. The van der Waals surface area contributed by atoms with Gasteiger partial charge in [0.1, 0.15) is 6.61 Å². The first-order valence-electron chi connectivity index (χ1n) is 6.68. The maximum absolute atomic E-state index is 10.8. The van der Waals surface area contributed by atoms with Crippen LogP contribution in [0.25, 0.3) is 11.1 Å². The molecular weight excluding hydrogens is 298 g/mol. The first-order valence-corrected chi connectivity index (χ1v) is 7.50. The number of hydrogen-bond donors (Lipinski definition) is 1. The molecule has 2 aromatic carbocycles. The highest BCUT2D eigenvalue weighted by Crippen LogP contribution is 2.23. The van der Waals surface area contributed by atoms with E-state index in [1.54, 1.807) is 0 Å². The summed E-state index contributed by atoms with van der Waals surface area (Å²) in [7, 11) is 0. The van der Waals surface area contributed by atoms with Gasteiger partial charge >= 0.3 is 5.97 Å². The summed E-state index contributed by atoms with van der Waals surface area (Å²) in [6.45, 7) is 0.385. The van der Waals surface area contributed by atoms with Gasteiger partial charge in [-0.25, -0.2) is 9.78 Å². The highest BCUT2D eigenvalue weighted by molar-refractivity contribution is 7.15. The molecule has 0 saturated carbocycles. The van der Waals surface area contributed by atoms with E-state index in [1.807, 2.05) is 42.5 Å². The molecule has 0 amide bonds. The summed E-state index contributed by atoms with van der Waals surface area (Å²) >= 11 is 1.03. The summed E-state index contributed by atoms with van der Waals surface area (Å²) in [4.78, 5) is 14.5. The number of thiazole rings is 1. The third-order valence-corrected chi connectivity index (χ3v) is 4.01. The normalized spacial score (nSPS) is 10.4. The zero-order valence-electron chi connectivity index (χ0n) is 11.6. The Balaban J connectivity index is 1.65. The van der Waals surface area contributed by atoms with Gasteiger partial charge in [-0.15, -0.1) is 0 Å². The number of benzene rings is 2. The zero-order valence-corrected chi connectivity index (χ0v) is 12.4. The van der Waals surface area contributed by atoms with Crippen LogP contribution >= 0.6 is 11.3 Å². The average molecular weight is 311 g/mol. The van der Waals surface area contributed by atoms with E-state index in [1.165, 1.54) is 11.8 Å². The lowest BCUT2D eigenvalue weighted by atomic mass is 10.0. The van der Waals surface area contributed by atoms with E-state index in [0.29, 0.717) is 11.7 Å². The van der Waals surface area contributed by atoms with Crippen molar-refractivity contribution in [2.75, 3.05) is 0 Å². The Bertz CT molecular complexity index is 766. The summed E-state index contributed by atoms with van der Waals surface area (Å²) in [6, 6.07) is 18.2. The fourth-order valence-electron chi connectivity index (χ4n) is 2.00. The first-order chi connectivity index (χ1) is 10.7. The Morgan fingerprint density at radius 1 is 1.05 bits per heavy atom. The standard InChI is InChI=1S/C17H13NO3S/c19-17(20)16-18-10-15(22-16)21-11-12-6-8-14(9-7-12)13-4-2-1-3-5-13/h1-10H,11H2,(H,19,20). The van der Waals surface area contributed by atoms with Gasteiger partial charge in [-0.2, -0.15) is 0 Å². The number of carbonyl (C=O) groups is 1. The SMILES string of the molecule is O=C(O)c1ncc(OCc2ccc(-c3ccccc3)cc2)s1. The van der Waals surface area contributed by atoms with Crippen molar-refractivity contribution in [2.45, 2.75) is 6.61 Å². The number of aromatic carboxylic acids is 1. The molecule has 1 N–H and O–H groups in total. The molecule has 110 valence electrons. The number of ether oxygens (including phenoxy) is 1. The molecule has 0 saturated heterocycles. The van der Waals surface area contributed by atoms with Gasteiger partial charge < -0.3 is 9.84 Å². The fourth-order valence-corrected chi connectivity index (χ4v) is 2.61. The van der Waals surface area contributed by atoms with E-state index in [9.17, 15) is 4.79 Å². The molecule has 4 nitrogen and oxygen atoms in total. The van der Waals surface area contributed by atoms with Gasteiger partial charge in [0, 0.05) is 0 Å². The maximum Gasteiger partial charge on any atom is 0.365 e. The lowest BCUT2D eigenvalue weighted by molar-refractivity contribution is 0.0696. The van der Waals surface area contributed by atoms with Crippen molar-refractivity contribution >= 4 is 17.3 Å². The lowest BCUT2D eigenvalue weighted by Gasteiger charge is -2.05. The highest BCUT2D eigenvalue weighted by atomic mass is 32.1. The van der Waals surface area contributed by atoms with Crippen molar-refractivity contribution in [3.63, 3.8) is 0 Å².